The van der Waals surface area contributed by atoms with Crippen LogP contribution >= 0.6 is 22.9 Å². The Morgan fingerprint density at radius 1 is 0.964 bits per heavy atom. The van der Waals surface area contributed by atoms with E-state index >= 15 is 0 Å². The van der Waals surface area contributed by atoms with Crippen molar-refractivity contribution in [3.05, 3.63) is 92.8 Å². The summed E-state index contributed by atoms with van der Waals surface area (Å²) in [6.45, 7) is 2.10. The maximum absolute atomic E-state index is 13.2. The van der Waals surface area contributed by atoms with Crippen molar-refractivity contribution in [2.75, 3.05) is 5.32 Å². The van der Waals surface area contributed by atoms with Gasteiger partial charge < -0.3 is 5.32 Å². The van der Waals surface area contributed by atoms with E-state index < -0.39 is 0 Å². The highest BCUT2D eigenvalue weighted by Crippen LogP contribution is 2.35. The molecule has 0 atom stereocenters. The van der Waals surface area contributed by atoms with Gasteiger partial charge in [-0.25, -0.2) is 0 Å². The van der Waals surface area contributed by atoms with Crippen molar-refractivity contribution in [2.45, 2.75) is 13.5 Å². The lowest BCUT2D eigenvalue weighted by molar-refractivity contribution is -0.137. The number of carbonyl (C=O) groups is 2. The average molecular weight is 409 g/mol. The van der Waals surface area contributed by atoms with Crippen molar-refractivity contribution < 1.29 is 9.59 Å². The summed E-state index contributed by atoms with van der Waals surface area (Å²) in [6.07, 6.45) is 0. The molecule has 0 saturated heterocycles. The van der Waals surface area contributed by atoms with Crippen LogP contribution in [0.4, 0.5) is 5.69 Å². The number of benzene rings is 2. The highest BCUT2D eigenvalue weighted by molar-refractivity contribution is 7.11. The minimum atomic E-state index is -0.336. The average Bonchev–Trinajstić information content (AvgIpc) is 3.29. The zero-order valence-electron chi connectivity index (χ0n) is 15.1. The van der Waals surface area contributed by atoms with Gasteiger partial charge in [0.1, 0.15) is 5.70 Å². The maximum atomic E-state index is 13.2. The molecule has 4 nitrogen and oxygen atoms in total. The van der Waals surface area contributed by atoms with Crippen molar-refractivity contribution in [3.63, 3.8) is 0 Å². The molecule has 140 valence electrons. The van der Waals surface area contributed by atoms with Crippen molar-refractivity contribution in [1.29, 1.82) is 0 Å². The second-order valence-corrected chi connectivity index (χ2v) is 7.80. The third-order valence-electron chi connectivity index (χ3n) is 4.65. The molecule has 1 aliphatic rings. The lowest BCUT2D eigenvalue weighted by Gasteiger charge is -2.16. The molecule has 2 amide bonds. The molecule has 1 aliphatic heterocycles. The standard InChI is InChI=1S/C22H17ClN2O2S/c1-14-16(23)9-5-10-17(14)24-20-19(18-11-6-12-28-18)21(26)25(22(20)27)13-15-7-3-2-4-8-15/h2-12,24H,13H2,1H3. The Balaban J connectivity index is 1.74. The fourth-order valence-electron chi connectivity index (χ4n) is 3.13. The van der Waals surface area contributed by atoms with E-state index in [2.05, 4.69) is 5.32 Å². The Morgan fingerprint density at radius 2 is 1.75 bits per heavy atom. The number of rotatable bonds is 5. The van der Waals surface area contributed by atoms with Gasteiger partial charge in [0.25, 0.3) is 11.8 Å². The number of amides is 2. The van der Waals surface area contributed by atoms with Gasteiger partial charge in [-0.15, -0.1) is 11.3 Å². The number of hydrogen-bond acceptors (Lipinski definition) is 4. The van der Waals surface area contributed by atoms with E-state index in [-0.39, 0.29) is 24.1 Å². The predicted molar refractivity (Wildman–Crippen MR) is 113 cm³/mol. The van der Waals surface area contributed by atoms with Crippen LogP contribution in [0.15, 0.2) is 71.7 Å². The summed E-state index contributed by atoms with van der Waals surface area (Å²) in [5.41, 5.74) is 3.11. The van der Waals surface area contributed by atoms with E-state index in [1.54, 1.807) is 6.07 Å². The Morgan fingerprint density at radius 3 is 2.46 bits per heavy atom. The van der Waals surface area contributed by atoms with Gasteiger partial charge in [0, 0.05) is 15.6 Å². The van der Waals surface area contributed by atoms with E-state index in [9.17, 15) is 9.59 Å². The fourth-order valence-corrected chi connectivity index (χ4v) is 4.07. The van der Waals surface area contributed by atoms with Crippen molar-refractivity contribution in [3.8, 4) is 0 Å². The third-order valence-corrected chi connectivity index (χ3v) is 5.94. The summed E-state index contributed by atoms with van der Waals surface area (Å²) in [7, 11) is 0. The minimum absolute atomic E-state index is 0.229. The molecule has 0 fully saturated rings. The van der Waals surface area contributed by atoms with Gasteiger partial charge in [-0.2, -0.15) is 0 Å². The number of halogens is 1. The quantitative estimate of drug-likeness (QED) is 0.597. The van der Waals surface area contributed by atoms with Crippen LogP contribution in [0.25, 0.3) is 5.57 Å². The van der Waals surface area contributed by atoms with E-state index in [1.807, 2.05) is 66.9 Å². The molecule has 0 saturated carbocycles. The molecule has 0 aliphatic carbocycles. The first-order valence-corrected chi connectivity index (χ1v) is 10.0. The zero-order valence-corrected chi connectivity index (χ0v) is 16.7. The van der Waals surface area contributed by atoms with Gasteiger partial charge in [0.05, 0.1) is 12.1 Å². The van der Waals surface area contributed by atoms with Crippen LogP contribution in [0.2, 0.25) is 5.02 Å². The molecule has 0 radical (unpaired) electrons. The molecule has 1 N–H and O–H groups in total. The first-order chi connectivity index (χ1) is 13.6. The SMILES string of the molecule is Cc1c(Cl)cccc1NC1=C(c2cccs2)C(=O)N(Cc2ccccc2)C1=O. The number of hydrogen-bond donors (Lipinski definition) is 1. The highest BCUT2D eigenvalue weighted by Gasteiger charge is 2.39. The van der Waals surface area contributed by atoms with E-state index in [1.165, 1.54) is 16.2 Å². The Bertz CT molecular complexity index is 1080. The Hall–Kier alpha value is -2.89. The Kier molecular flexibility index (Phi) is 5.03. The third kappa shape index (κ3) is 3.35. The number of anilines is 1. The molecule has 0 unspecified atom stereocenters. The number of carbonyl (C=O) groups excluding carboxylic acids is 2. The largest absolute Gasteiger partial charge is 0.350 e. The van der Waals surface area contributed by atoms with E-state index in [0.29, 0.717) is 16.3 Å². The van der Waals surface area contributed by atoms with Gasteiger partial charge in [0.2, 0.25) is 0 Å². The molecule has 0 spiro atoms. The van der Waals surface area contributed by atoms with Gasteiger partial charge in [-0.05, 0) is 41.6 Å². The van der Waals surface area contributed by atoms with E-state index in [4.69, 9.17) is 11.6 Å². The van der Waals surface area contributed by atoms with Crippen LogP contribution in [-0.2, 0) is 16.1 Å². The second-order valence-electron chi connectivity index (χ2n) is 6.45. The maximum Gasteiger partial charge on any atom is 0.278 e. The van der Waals surface area contributed by atoms with Crippen LogP contribution in [0, 0.1) is 6.92 Å². The number of thiophene rings is 1. The fraction of sp³-hybridized carbons (Fsp3) is 0.0909. The van der Waals surface area contributed by atoms with Crippen molar-refractivity contribution >= 4 is 46.0 Å². The van der Waals surface area contributed by atoms with E-state index in [0.717, 1.165) is 16.0 Å². The zero-order chi connectivity index (χ0) is 19.7. The number of nitrogens with zero attached hydrogens (tertiary/aromatic N) is 1. The van der Waals surface area contributed by atoms with Gasteiger partial charge in [0.15, 0.2) is 0 Å². The molecule has 6 heteroatoms. The smallest absolute Gasteiger partial charge is 0.278 e. The summed E-state index contributed by atoms with van der Waals surface area (Å²) in [5.74, 6) is -0.630. The lowest BCUT2D eigenvalue weighted by atomic mass is 10.1. The summed E-state index contributed by atoms with van der Waals surface area (Å²) in [6, 6.07) is 18.7. The minimum Gasteiger partial charge on any atom is -0.350 e. The summed E-state index contributed by atoms with van der Waals surface area (Å²) in [5, 5.41) is 5.66. The van der Waals surface area contributed by atoms with Crippen LogP contribution in [0.5, 0.6) is 0 Å². The van der Waals surface area contributed by atoms with Gasteiger partial charge >= 0.3 is 0 Å². The molecule has 2 aromatic carbocycles. The predicted octanol–water partition coefficient (Wildman–Crippen LogP) is 5.10. The van der Waals surface area contributed by atoms with Gasteiger partial charge in [-0.1, -0.05) is 54.1 Å². The van der Waals surface area contributed by atoms with Crippen LogP contribution in [0.1, 0.15) is 16.0 Å². The van der Waals surface area contributed by atoms with Crippen LogP contribution in [-0.4, -0.2) is 16.7 Å². The molecular weight excluding hydrogens is 392 g/mol. The van der Waals surface area contributed by atoms with Crippen molar-refractivity contribution in [2.24, 2.45) is 0 Å². The Labute approximate surface area is 172 Å². The van der Waals surface area contributed by atoms with Crippen LogP contribution in [0.3, 0.4) is 0 Å². The molecule has 1 aromatic heterocycles. The number of nitrogens with one attached hydrogen (secondary N) is 1. The summed E-state index contributed by atoms with van der Waals surface area (Å²) < 4.78 is 0. The van der Waals surface area contributed by atoms with Crippen LogP contribution < -0.4 is 5.32 Å². The molecule has 28 heavy (non-hydrogen) atoms. The molecule has 0 bridgehead atoms. The van der Waals surface area contributed by atoms with Gasteiger partial charge in [-0.3, -0.25) is 14.5 Å². The first-order valence-electron chi connectivity index (χ1n) is 8.76. The summed E-state index contributed by atoms with van der Waals surface area (Å²) in [4.78, 5) is 28.4. The lowest BCUT2D eigenvalue weighted by Crippen LogP contribution is -2.32. The monoisotopic (exact) mass is 408 g/mol. The topological polar surface area (TPSA) is 49.4 Å². The first kappa shape index (κ1) is 18.5. The summed E-state index contributed by atoms with van der Waals surface area (Å²) >= 11 is 7.65. The molecule has 3 aromatic rings. The molecule has 2 heterocycles. The molecular formula is C22H17ClN2O2S. The molecule has 4 rings (SSSR count). The highest BCUT2D eigenvalue weighted by atomic mass is 35.5. The van der Waals surface area contributed by atoms with Crippen molar-refractivity contribution in [1.82, 2.24) is 4.90 Å². The normalized spacial score (nSPS) is 14.1. The number of imide groups is 1. The second kappa shape index (κ2) is 7.62.